The van der Waals surface area contributed by atoms with Gasteiger partial charge in [-0.05, 0) is 18.8 Å². The predicted octanol–water partition coefficient (Wildman–Crippen LogP) is 1.01. The molecule has 0 amide bonds. The number of rotatable bonds is 3. The van der Waals surface area contributed by atoms with Gasteiger partial charge in [0, 0.05) is 0 Å². The second-order valence-corrected chi connectivity index (χ2v) is 3.21. The van der Waals surface area contributed by atoms with E-state index in [1.165, 1.54) is 0 Å². The lowest BCUT2D eigenvalue weighted by molar-refractivity contribution is -0.139. The number of carboxylic acids is 1. The number of aliphatic hydroxyl groups excluding tert-OH is 1. The fourth-order valence-electron chi connectivity index (χ4n) is 1.69. The molecule has 0 aromatic rings. The first-order chi connectivity index (χ1) is 5.20. The highest BCUT2D eigenvalue weighted by Crippen LogP contribution is 2.28. The van der Waals surface area contributed by atoms with Crippen molar-refractivity contribution in [3.63, 3.8) is 0 Å². The summed E-state index contributed by atoms with van der Waals surface area (Å²) < 4.78 is 0. The fourth-order valence-corrected chi connectivity index (χ4v) is 1.69. The van der Waals surface area contributed by atoms with Crippen LogP contribution in [0.2, 0.25) is 0 Å². The molecule has 2 N–H and O–H groups in total. The highest BCUT2D eigenvalue weighted by atomic mass is 16.4. The van der Waals surface area contributed by atoms with Crippen LogP contribution in [-0.4, -0.2) is 22.3 Å². The summed E-state index contributed by atoms with van der Waals surface area (Å²) in [5, 5.41) is 17.7. The molecule has 11 heavy (non-hydrogen) atoms. The number of hydrogen-bond donors (Lipinski definition) is 2. The molecule has 1 aliphatic rings. The van der Waals surface area contributed by atoms with Crippen LogP contribution in [0.1, 0.15) is 32.1 Å². The fraction of sp³-hybridized carbons (Fsp3) is 0.875. The van der Waals surface area contributed by atoms with Gasteiger partial charge in [0.1, 0.15) is 0 Å². The van der Waals surface area contributed by atoms with Crippen LogP contribution in [0.3, 0.4) is 0 Å². The lowest BCUT2D eigenvalue weighted by Crippen LogP contribution is -2.21. The van der Waals surface area contributed by atoms with E-state index in [2.05, 4.69) is 0 Å². The van der Waals surface area contributed by atoms with Gasteiger partial charge in [-0.2, -0.15) is 0 Å². The Morgan fingerprint density at radius 3 is 2.45 bits per heavy atom. The first-order valence-corrected chi connectivity index (χ1v) is 4.10. The normalized spacial score (nSPS) is 21.9. The van der Waals surface area contributed by atoms with E-state index < -0.39 is 12.1 Å². The molecule has 1 atom stereocenters. The summed E-state index contributed by atoms with van der Waals surface area (Å²) in [5.74, 6) is -0.657. The maximum atomic E-state index is 10.2. The molecule has 0 aromatic heterocycles. The van der Waals surface area contributed by atoms with Crippen molar-refractivity contribution in [1.29, 1.82) is 0 Å². The van der Waals surface area contributed by atoms with Gasteiger partial charge in [0.25, 0.3) is 0 Å². The molecule has 0 heterocycles. The Morgan fingerprint density at radius 1 is 1.45 bits per heavy atom. The summed E-state index contributed by atoms with van der Waals surface area (Å²) in [6.07, 6.45) is 3.56. The molecule has 0 spiro atoms. The summed E-state index contributed by atoms with van der Waals surface area (Å²) in [7, 11) is 0. The zero-order valence-electron chi connectivity index (χ0n) is 6.49. The molecule has 0 bridgehead atoms. The third kappa shape index (κ3) is 2.50. The van der Waals surface area contributed by atoms with Gasteiger partial charge in [0.05, 0.1) is 12.5 Å². The number of carboxylic acid groups (broad SMARTS) is 1. The van der Waals surface area contributed by atoms with Crippen molar-refractivity contribution >= 4 is 5.97 Å². The molecule has 1 saturated carbocycles. The SMILES string of the molecule is O=C(O)CC(O)C1CCCC1. The number of aliphatic carboxylic acids is 1. The van der Waals surface area contributed by atoms with Gasteiger partial charge in [-0.15, -0.1) is 0 Å². The third-order valence-corrected chi connectivity index (χ3v) is 2.33. The van der Waals surface area contributed by atoms with Crippen LogP contribution in [-0.2, 0) is 4.79 Å². The minimum Gasteiger partial charge on any atom is -0.481 e. The van der Waals surface area contributed by atoms with Gasteiger partial charge < -0.3 is 10.2 Å². The van der Waals surface area contributed by atoms with E-state index >= 15 is 0 Å². The van der Waals surface area contributed by atoms with E-state index in [0.29, 0.717) is 0 Å². The second-order valence-electron chi connectivity index (χ2n) is 3.21. The highest BCUT2D eigenvalue weighted by Gasteiger charge is 2.24. The van der Waals surface area contributed by atoms with Crippen molar-refractivity contribution in [3.05, 3.63) is 0 Å². The lowest BCUT2D eigenvalue weighted by atomic mass is 9.98. The Labute approximate surface area is 66.0 Å². The van der Waals surface area contributed by atoms with Gasteiger partial charge >= 0.3 is 5.97 Å². The molecule has 0 radical (unpaired) electrons. The summed E-state index contributed by atoms with van der Waals surface area (Å²) >= 11 is 0. The number of aliphatic hydroxyl groups is 1. The second kappa shape index (κ2) is 3.72. The molecule has 0 saturated heterocycles. The summed E-state index contributed by atoms with van der Waals surface area (Å²) in [4.78, 5) is 10.2. The Hall–Kier alpha value is -0.570. The van der Waals surface area contributed by atoms with Gasteiger partial charge in [-0.25, -0.2) is 0 Å². The molecule has 64 valence electrons. The van der Waals surface area contributed by atoms with Crippen LogP contribution >= 0.6 is 0 Å². The maximum absolute atomic E-state index is 10.2. The maximum Gasteiger partial charge on any atom is 0.305 e. The Kier molecular flexibility index (Phi) is 2.88. The van der Waals surface area contributed by atoms with Crippen molar-refractivity contribution in [2.75, 3.05) is 0 Å². The van der Waals surface area contributed by atoms with Crippen molar-refractivity contribution in [1.82, 2.24) is 0 Å². The molecule has 1 fully saturated rings. The van der Waals surface area contributed by atoms with Crippen molar-refractivity contribution in [3.8, 4) is 0 Å². The third-order valence-electron chi connectivity index (χ3n) is 2.33. The largest absolute Gasteiger partial charge is 0.481 e. The van der Waals surface area contributed by atoms with Crippen LogP contribution in [0.25, 0.3) is 0 Å². The number of carbonyl (C=O) groups is 1. The minimum absolute atomic E-state index is 0.0926. The van der Waals surface area contributed by atoms with Crippen LogP contribution in [0, 0.1) is 5.92 Å². The molecular formula is C8H14O3. The molecule has 3 nitrogen and oxygen atoms in total. The first-order valence-electron chi connectivity index (χ1n) is 4.10. The van der Waals surface area contributed by atoms with Crippen LogP contribution in [0.4, 0.5) is 0 Å². The van der Waals surface area contributed by atoms with Gasteiger partial charge in [-0.1, -0.05) is 12.8 Å². The van der Waals surface area contributed by atoms with Crippen LogP contribution in [0.15, 0.2) is 0 Å². The van der Waals surface area contributed by atoms with E-state index in [1.54, 1.807) is 0 Å². The van der Waals surface area contributed by atoms with Crippen molar-refractivity contribution in [2.24, 2.45) is 5.92 Å². The highest BCUT2D eigenvalue weighted by molar-refractivity contribution is 5.67. The molecule has 0 aliphatic heterocycles. The Bertz CT molecular complexity index is 138. The smallest absolute Gasteiger partial charge is 0.305 e. The molecule has 0 aromatic carbocycles. The van der Waals surface area contributed by atoms with Crippen molar-refractivity contribution in [2.45, 2.75) is 38.2 Å². The molecule has 1 aliphatic carbocycles. The summed E-state index contributed by atoms with van der Waals surface area (Å²) in [5.41, 5.74) is 0. The van der Waals surface area contributed by atoms with E-state index in [4.69, 9.17) is 5.11 Å². The summed E-state index contributed by atoms with van der Waals surface area (Å²) in [6, 6.07) is 0. The monoisotopic (exact) mass is 158 g/mol. The van der Waals surface area contributed by atoms with Crippen LogP contribution in [0.5, 0.6) is 0 Å². The van der Waals surface area contributed by atoms with Gasteiger partial charge in [0.2, 0.25) is 0 Å². The predicted molar refractivity (Wildman–Crippen MR) is 40.2 cm³/mol. The molecule has 1 unspecified atom stereocenters. The number of hydrogen-bond acceptors (Lipinski definition) is 2. The van der Waals surface area contributed by atoms with E-state index in [0.717, 1.165) is 25.7 Å². The van der Waals surface area contributed by atoms with Crippen molar-refractivity contribution < 1.29 is 15.0 Å². The van der Waals surface area contributed by atoms with Gasteiger partial charge in [0.15, 0.2) is 0 Å². The Balaban J connectivity index is 2.28. The van der Waals surface area contributed by atoms with E-state index in [1.807, 2.05) is 0 Å². The molecule has 3 heteroatoms. The summed E-state index contributed by atoms with van der Waals surface area (Å²) in [6.45, 7) is 0. The van der Waals surface area contributed by atoms with E-state index in [-0.39, 0.29) is 12.3 Å². The average molecular weight is 158 g/mol. The molecular weight excluding hydrogens is 144 g/mol. The van der Waals surface area contributed by atoms with Gasteiger partial charge in [-0.3, -0.25) is 4.79 Å². The standard InChI is InChI=1S/C8H14O3/c9-7(5-8(10)11)6-3-1-2-4-6/h6-7,9H,1-5H2,(H,10,11). The minimum atomic E-state index is -0.899. The zero-order valence-corrected chi connectivity index (χ0v) is 6.49. The lowest BCUT2D eigenvalue weighted by Gasteiger charge is -2.14. The zero-order chi connectivity index (χ0) is 8.27. The first kappa shape index (κ1) is 8.53. The quantitative estimate of drug-likeness (QED) is 0.644. The topological polar surface area (TPSA) is 57.5 Å². The van der Waals surface area contributed by atoms with E-state index in [9.17, 15) is 9.90 Å². The average Bonchev–Trinajstić information content (AvgIpc) is 2.35. The Morgan fingerprint density at radius 2 is 2.00 bits per heavy atom. The van der Waals surface area contributed by atoms with Crippen LogP contribution < -0.4 is 0 Å². The molecule has 1 rings (SSSR count).